The molecule has 18 heavy (non-hydrogen) atoms. The van der Waals surface area contributed by atoms with E-state index in [1.165, 1.54) is 0 Å². The molecule has 0 aliphatic carbocycles. The van der Waals surface area contributed by atoms with E-state index in [0.717, 1.165) is 16.9 Å². The zero-order chi connectivity index (χ0) is 13.1. The summed E-state index contributed by atoms with van der Waals surface area (Å²) in [5.41, 5.74) is 3.35. The minimum absolute atomic E-state index is 0.290. The summed E-state index contributed by atoms with van der Waals surface area (Å²) in [5, 5.41) is 8.85. The molecule has 4 heteroatoms. The predicted molar refractivity (Wildman–Crippen MR) is 70.4 cm³/mol. The van der Waals surface area contributed by atoms with Gasteiger partial charge in [-0.3, -0.25) is 4.98 Å². The molecule has 0 amide bonds. The van der Waals surface area contributed by atoms with Crippen LogP contribution in [0.1, 0.15) is 15.9 Å². The summed E-state index contributed by atoms with van der Waals surface area (Å²) >= 11 is 0. The molecule has 0 atom stereocenters. The maximum absolute atomic E-state index is 10.8. The molecule has 2 rings (SSSR count). The summed E-state index contributed by atoms with van der Waals surface area (Å²) in [7, 11) is 1.94. The molecule has 0 saturated heterocycles. The number of carboxylic acids is 1. The number of rotatable bonds is 3. The molecule has 0 aliphatic rings. The highest BCUT2D eigenvalue weighted by atomic mass is 16.4. The molecule has 0 bridgehead atoms. The van der Waals surface area contributed by atoms with Gasteiger partial charge in [-0.25, -0.2) is 4.79 Å². The monoisotopic (exact) mass is 242 g/mol. The van der Waals surface area contributed by atoms with Gasteiger partial charge in [-0.1, -0.05) is 0 Å². The second-order valence-corrected chi connectivity index (χ2v) is 4.07. The van der Waals surface area contributed by atoms with Crippen molar-refractivity contribution in [1.82, 2.24) is 4.98 Å². The van der Waals surface area contributed by atoms with Crippen LogP contribution in [0.5, 0.6) is 0 Å². The van der Waals surface area contributed by atoms with Crippen LogP contribution in [0.3, 0.4) is 0 Å². The van der Waals surface area contributed by atoms with Gasteiger partial charge in [-0.05, 0) is 42.8 Å². The van der Waals surface area contributed by atoms with E-state index in [-0.39, 0.29) is 0 Å². The molecule has 1 N–H and O–H groups in total. The summed E-state index contributed by atoms with van der Waals surface area (Å²) in [5.74, 6) is -0.913. The van der Waals surface area contributed by atoms with Crippen molar-refractivity contribution < 1.29 is 9.90 Å². The van der Waals surface area contributed by atoms with E-state index in [0.29, 0.717) is 5.56 Å². The molecule has 1 aromatic heterocycles. The fraction of sp³-hybridized carbons (Fsp3) is 0.143. The smallest absolute Gasteiger partial charge is 0.335 e. The van der Waals surface area contributed by atoms with Crippen LogP contribution in [0.25, 0.3) is 0 Å². The van der Waals surface area contributed by atoms with E-state index >= 15 is 0 Å². The van der Waals surface area contributed by atoms with Crippen LogP contribution >= 0.6 is 0 Å². The summed E-state index contributed by atoms with van der Waals surface area (Å²) in [6.07, 6.45) is 3.54. The fourth-order valence-corrected chi connectivity index (χ4v) is 1.81. The van der Waals surface area contributed by atoms with Gasteiger partial charge in [0.2, 0.25) is 0 Å². The Kier molecular flexibility index (Phi) is 3.28. The van der Waals surface area contributed by atoms with Crippen molar-refractivity contribution in [3.63, 3.8) is 0 Å². The molecule has 0 spiro atoms. The van der Waals surface area contributed by atoms with E-state index in [2.05, 4.69) is 4.98 Å². The van der Waals surface area contributed by atoms with Gasteiger partial charge in [0.1, 0.15) is 0 Å². The third-order valence-electron chi connectivity index (χ3n) is 2.85. The average Bonchev–Trinajstić information content (AvgIpc) is 2.38. The van der Waals surface area contributed by atoms with Gasteiger partial charge in [0.05, 0.1) is 5.56 Å². The van der Waals surface area contributed by atoms with Crippen LogP contribution in [0, 0.1) is 6.92 Å². The molecule has 92 valence electrons. The molecule has 1 aromatic carbocycles. The Hall–Kier alpha value is -2.36. The molecule has 0 radical (unpaired) electrons. The van der Waals surface area contributed by atoms with Gasteiger partial charge in [0.15, 0.2) is 0 Å². The Morgan fingerprint density at radius 2 is 1.89 bits per heavy atom. The van der Waals surface area contributed by atoms with E-state index in [9.17, 15) is 4.79 Å². The summed E-state index contributed by atoms with van der Waals surface area (Å²) in [6.45, 7) is 1.99. The molecule has 4 nitrogen and oxygen atoms in total. The zero-order valence-electron chi connectivity index (χ0n) is 10.3. The third kappa shape index (κ3) is 2.32. The molecule has 0 unspecified atom stereocenters. The summed E-state index contributed by atoms with van der Waals surface area (Å²) < 4.78 is 0. The van der Waals surface area contributed by atoms with Crippen molar-refractivity contribution in [2.75, 3.05) is 11.9 Å². The second-order valence-electron chi connectivity index (χ2n) is 4.07. The van der Waals surface area contributed by atoms with Crippen LogP contribution in [0.15, 0.2) is 42.7 Å². The lowest BCUT2D eigenvalue weighted by molar-refractivity contribution is 0.0697. The number of nitrogens with zero attached hydrogens (tertiary/aromatic N) is 2. The predicted octanol–water partition coefficient (Wildman–Crippen LogP) is 2.86. The number of aryl methyl sites for hydroxylation is 1. The Morgan fingerprint density at radius 3 is 2.44 bits per heavy atom. The van der Waals surface area contributed by atoms with Gasteiger partial charge < -0.3 is 10.0 Å². The minimum atomic E-state index is -0.913. The van der Waals surface area contributed by atoms with Crippen LogP contribution < -0.4 is 4.90 Å². The van der Waals surface area contributed by atoms with Crippen molar-refractivity contribution in [2.24, 2.45) is 0 Å². The third-order valence-corrected chi connectivity index (χ3v) is 2.85. The van der Waals surface area contributed by atoms with Gasteiger partial charge in [-0.15, -0.1) is 0 Å². The molecule has 2 aromatic rings. The fourth-order valence-electron chi connectivity index (χ4n) is 1.81. The van der Waals surface area contributed by atoms with Crippen molar-refractivity contribution in [3.05, 3.63) is 53.9 Å². The van der Waals surface area contributed by atoms with Crippen LogP contribution in [0.4, 0.5) is 11.4 Å². The first-order chi connectivity index (χ1) is 8.59. The van der Waals surface area contributed by atoms with E-state index in [1.54, 1.807) is 36.7 Å². The van der Waals surface area contributed by atoms with Gasteiger partial charge in [0.25, 0.3) is 0 Å². The Balaban J connectivity index is 2.32. The lowest BCUT2D eigenvalue weighted by Gasteiger charge is -2.21. The topological polar surface area (TPSA) is 53.4 Å². The maximum Gasteiger partial charge on any atom is 0.335 e. The lowest BCUT2D eigenvalue weighted by Crippen LogP contribution is -2.11. The Morgan fingerprint density at radius 1 is 1.22 bits per heavy atom. The van der Waals surface area contributed by atoms with Crippen LogP contribution in [-0.2, 0) is 0 Å². The highest BCUT2D eigenvalue weighted by Gasteiger charge is 2.08. The van der Waals surface area contributed by atoms with Crippen molar-refractivity contribution >= 4 is 17.3 Å². The molecule has 0 aliphatic heterocycles. The van der Waals surface area contributed by atoms with E-state index in [1.807, 2.05) is 24.9 Å². The molecule has 1 heterocycles. The van der Waals surface area contributed by atoms with Gasteiger partial charge in [0, 0.05) is 30.8 Å². The number of carbonyl (C=O) groups is 1. The molecule has 0 saturated carbocycles. The normalized spacial score (nSPS) is 10.1. The average molecular weight is 242 g/mol. The van der Waals surface area contributed by atoms with Crippen molar-refractivity contribution in [3.8, 4) is 0 Å². The first kappa shape index (κ1) is 12.1. The number of carboxylic acid groups (broad SMARTS) is 1. The molecule has 0 fully saturated rings. The maximum atomic E-state index is 10.8. The minimum Gasteiger partial charge on any atom is -0.478 e. The van der Waals surface area contributed by atoms with Gasteiger partial charge >= 0.3 is 5.97 Å². The number of benzene rings is 1. The summed E-state index contributed by atoms with van der Waals surface area (Å²) in [6, 6.07) is 8.72. The number of anilines is 2. The van der Waals surface area contributed by atoms with Gasteiger partial charge in [-0.2, -0.15) is 0 Å². The number of hydrogen-bond acceptors (Lipinski definition) is 3. The highest BCUT2D eigenvalue weighted by Crippen LogP contribution is 2.25. The number of aromatic nitrogens is 1. The number of hydrogen-bond donors (Lipinski definition) is 1. The SMILES string of the molecule is Cc1cnccc1N(C)c1ccc(C(=O)O)cc1. The second kappa shape index (κ2) is 4.87. The van der Waals surface area contributed by atoms with Crippen molar-refractivity contribution in [1.29, 1.82) is 0 Å². The van der Waals surface area contributed by atoms with Crippen LogP contribution in [0.2, 0.25) is 0 Å². The number of aromatic carboxylic acids is 1. The summed E-state index contributed by atoms with van der Waals surface area (Å²) in [4.78, 5) is 16.8. The van der Waals surface area contributed by atoms with E-state index < -0.39 is 5.97 Å². The molecular weight excluding hydrogens is 228 g/mol. The zero-order valence-corrected chi connectivity index (χ0v) is 10.3. The quantitative estimate of drug-likeness (QED) is 0.899. The van der Waals surface area contributed by atoms with E-state index in [4.69, 9.17) is 5.11 Å². The van der Waals surface area contributed by atoms with Crippen LogP contribution in [-0.4, -0.2) is 23.1 Å². The lowest BCUT2D eigenvalue weighted by atomic mass is 10.1. The highest BCUT2D eigenvalue weighted by molar-refractivity contribution is 5.88. The Labute approximate surface area is 106 Å². The molecular formula is C14H14N2O2. The first-order valence-corrected chi connectivity index (χ1v) is 5.57. The van der Waals surface area contributed by atoms with Crippen molar-refractivity contribution in [2.45, 2.75) is 6.92 Å². The standard InChI is InChI=1S/C14H14N2O2/c1-10-9-15-8-7-13(10)16(2)12-5-3-11(4-6-12)14(17)18/h3-9H,1-2H3,(H,17,18). The first-order valence-electron chi connectivity index (χ1n) is 5.57. The largest absolute Gasteiger partial charge is 0.478 e. The number of pyridine rings is 1. The Bertz CT molecular complexity index is 564.